The van der Waals surface area contributed by atoms with Crippen LogP contribution < -0.4 is 0 Å². The van der Waals surface area contributed by atoms with Gasteiger partial charge in [-0.25, -0.2) is 0 Å². The zero-order valence-corrected chi connectivity index (χ0v) is 19.2. The summed E-state index contributed by atoms with van der Waals surface area (Å²) in [7, 11) is -1.62. The standard InChI is InChI=1S/C21H35ClOSSi/c1-6-25(7-2,8-3)23-19(20-18(22)11-12-24-20)10-9-15-13-16-17(14-15)21(16,4)5/h11-12,15-17,19H,6-10,13-14H2,1-5H3/t15?,16-,17+,19?. The first-order valence-electron chi connectivity index (χ1n) is 10.3. The van der Waals surface area contributed by atoms with E-state index in [1.807, 2.05) is 6.07 Å². The number of fused-ring (bicyclic) bond motifs is 1. The number of thiophene rings is 1. The molecule has 0 radical (unpaired) electrons. The summed E-state index contributed by atoms with van der Waals surface area (Å²) >= 11 is 8.29. The second-order valence-corrected chi connectivity index (χ2v) is 15.0. The molecule has 0 aliphatic heterocycles. The van der Waals surface area contributed by atoms with Gasteiger partial charge < -0.3 is 4.43 Å². The van der Waals surface area contributed by atoms with Gasteiger partial charge in [-0.05, 0) is 78.4 Å². The second kappa shape index (κ2) is 7.65. The SMILES string of the molecule is CC[Si](CC)(CC)OC(CCC1C[C@@H]2[C@H](C1)C2(C)C)c1sccc1Cl. The maximum Gasteiger partial charge on any atom is 0.192 e. The predicted octanol–water partition coefficient (Wildman–Crippen LogP) is 7.93. The first-order chi connectivity index (χ1) is 11.9. The molecule has 0 amide bonds. The van der Waals surface area contributed by atoms with E-state index in [1.54, 1.807) is 11.3 Å². The molecule has 0 spiro atoms. The van der Waals surface area contributed by atoms with E-state index in [-0.39, 0.29) is 6.10 Å². The second-order valence-electron chi connectivity index (χ2n) is 8.93. The first kappa shape index (κ1) is 19.9. The van der Waals surface area contributed by atoms with Crippen LogP contribution in [0.2, 0.25) is 23.2 Å². The number of hydrogen-bond donors (Lipinski definition) is 0. The molecule has 0 saturated heterocycles. The minimum Gasteiger partial charge on any atom is -0.409 e. The lowest BCUT2D eigenvalue weighted by Gasteiger charge is -2.34. The summed E-state index contributed by atoms with van der Waals surface area (Å²) in [5, 5.41) is 3.03. The molecular formula is C21H35ClOSSi. The van der Waals surface area contributed by atoms with Gasteiger partial charge in [0.25, 0.3) is 0 Å². The van der Waals surface area contributed by atoms with E-state index in [0.29, 0.717) is 5.41 Å². The summed E-state index contributed by atoms with van der Waals surface area (Å²) in [6.07, 6.45) is 5.58. The molecule has 4 atom stereocenters. The summed E-state index contributed by atoms with van der Waals surface area (Å²) in [4.78, 5) is 1.28. The molecule has 142 valence electrons. The molecule has 3 rings (SSSR count). The fourth-order valence-corrected chi connectivity index (χ4v) is 9.48. The Hall–Kier alpha value is 0.167. The summed E-state index contributed by atoms with van der Waals surface area (Å²) < 4.78 is 6.91. The molecule has 1 aromatic heterocycles. The van der Waals surface area contributed by atoms with Gasteiger partial charge in [0.2, 0.25) is 0 Å². The van der Waals surface area contributed by atoms with Crippen LogP contribution in [0.25, 0.3) is 0 Å². The molecule has 4 heteroatoms. The molecular weight excluding hydrogens is 364 g/mol. The molecule has 2 aliphatic rings. The molecule has 1 aromatic rings. The summed E-state index contributed by atoms with van der Waals surface area (Å²) in [6.45, 7) is 11.9. The van der Waals surface area contributed by atoms with Crippen LogP contribution in [0, 0.1) is 23.2 Å². The highest BCUT2D eigenvalue weighted by atomic mass is 35.5. The van der Waals surface area contributed by atoms with Crippen LogP contribution in [0.3, 0.4) is 0 Å². The third kappa shape index (κ3) is 3.90. The van der Waals surface area contributed by atoms with Gasteiger partial charge in [0, 0.05) is 0 Å². The molecule has 2 aliphatic carbocycles. The maximum absolute atomic E-state index is 6.91. The van der Waals surface area contributed by atoms with Crippen molar-refractivity contribution in [1.29, 1.82) is 0 Å². The lowest BCUT2D eigenvalue weighted by Crippen LogP contribution is -2.37. The van der Waals surface area contributed by atoms with E-state index in [4.69, 9.17) is 16.0 Å². The van der Waals surface area contributed by atoms with Crippen molar-refractivity contribution in [2.75, 3.05) is 0 Å². The van der Waals surface area contributed by atoms with Gasteiger partial charge in [-0.1, -0.05) is 46.2 Å². The Bertz CT molecular complexity index is 558. The van der Waals surface area contributed by atoms with E-state index in [0.717, 1.165) is 29.2 Å². The highest BCUT2D eigenvalue weighted by molar-refractivity contribution is 7.10. The number of halogens is 1. The lowest BCUT2D eigenvalue weighted by atomic mass is 9.89. The van der Waals surface area contributed by atoms with Crippen molar-refractivity contribution in [2.24, 2.45) is 23.2 Å². The largest absolute Gasteiger partial charge is 0.409 e. The molecule has 2 unspecified atom stereocenters. The Balaban J connectivity index is 1.65. The predicted molar refractivity (Wildman–Crippen MR) is 113 cm³/mol. The van der Waals surface area contributed by atoms with Gasteiger partial charge in [-0.15, -0.1) is 11.3 Å². The van der Waals surface area contributed by atoms with Crippen molar-refractivity contribution in [3.8, 4) is 0 Å². The Kier molecular flexibility index (Phi) is 6.10. The van der Waals surface area contributed by atoms with Crippen LogP contribution in [0.1, 0.15) is 71.3 Å². The van der Waals surface area contributed by atoms with E-state index in [9.17, 15) is 0 Å². The van der Waals surface area contributed by atoms with Crippen molar-refractivity contribution < 1.29 is 4.43 Å². The van der Waals surface area contributed by atoms with Crippen molar-refractivity contribution in [2.45, 2.75) is 84.5 Å². The quantitative estimate of drug-likeness (QED) is 0.383. The Labute approximate surface area is 164 Å². The average Bonchev–Trinajstić information content (AvgIpc) is 3.04. The monoisotopic (exact) mass is 398 g/mol. The first-order valence-corrected chi connectivity index (χ1v) is 14.1. The van der Waals surface area contributed by atoms with Crippen molar-refractivity contribution in [3.63, 3.8) is 0 Å². The van der Waals surface area contributed by atoms with Crippen LogP contribution in [-0.2, 0) is 4.43 Å². The van der Waals surface area contributed by atoms with Crippen molar-refractivity contribution in [1.82, 2.24) is 0 Å². The van der Waals surface area contributed by atoms with E-state index in [2.05, 4.69) is 40.0 Å². The molecule has 0 bridgehead atoms. The van der Waals surface area contributed by atoms with Gasteiger partial charge in [-0.3, -0.25) is 0 Å². The van der Waals surface area contributed by atoms with Gasteiger partial charge in [0.05, 0.1) is 16.0 Å². The Morgan fingerprint density at radius 2 is 1.80 bits per heavy atom. The summed E-state index contributed by atoms with van der Waals surface area (Å²) in [5.41, 5.74) is 0.637. The van der Waals surface area contributed by atoms with Gasteiger partial charge in [0.15, 0.2) is 8.32 Å². The molecule has 1 nitrogen and oxygen atoms in total. The smallest absolute Gasteiger partial charge is 0.192 e. The number of rotatable bonds is 9. The molecule has 25 heavy (non-hydrogen) atoms. The van der Waals surface area contributed by atoms with E-state index >= 15 is 0 Å². The van der Waals surface area contributed by atoms with E-state index in [1.165, 1.54) is 42.3 Å². The van der Waals surface area contributed by atoms with Crippen LogP contribution in [-0.4, -0.2) is 8.32 Å². The highest BCUT2D eigenvalue weighted by Gasteiger charge is 2.61. The van der Waals surface area contributed by atoms with Crippen molar-refractivity contribution in [3.05, 3.63) is 21.3 Å². The van der Waals surface area contributed by atoms with Gasteiger partial charge in [-0.2, -0.15) is 0 Å². The fraction of sp³-hybridized carbons (Fsp3) is 0.810. The van der Waals surface area contributed by atoms with Crippen LogP contribution >= 0.6 is 22.9 Å². The third-order valence-corrected chi connectivity index (χ3v) is 13.7. The van der Waals surface area contributed by atoms with Crippen molar-refractivity contribution >= 4 is 31.3 Å². The van der Waals surface area contributed by atoms with Gasteiger partial charge >= 0.3 is 0 Å². The van der Waals surface area contributed by atoms with Crippen LogP contribution in [0.15, 0.2) is 11.4 Å². The molecule has 2 saturated carbocycles. The third-order valence-electron chi connectivity index (χ3n) is 7.56. The molecule has 2 fully saturated rings. The van der Waals surface area contributed by atoms with Gasteiger partial charge in [0.1, 0.15) is 0 Å². The molecule has 0 aromatic carbocycles. The molecule has 1 heterocycles. The van der Waals surface area contributed by atoms with Crippen LogP contribution in [0.4, 0.5) is 0 Å². The Morgan fingerprint density at radius 1 is 1.20 bits per heavy atom. The highest BCUT2D eigenvalue weighted by Crippen LogP contribution is 2.68. The lowest BCUT2D eigenvalue weighted by molar-refractivity contribution is 0.169. The number of hydrogen-bond acceptors (Lipinski definition) is 2. The topological polar surface area (TPSA) is 9.23 Å². The molecule has 0 N–H and O–H groups in total. The van der Waals surface area contributed by atoms with E-state index < -0.39 is 8.32 Å². The Morgan fingerprint density at radius 3 is 2.28 bits per heavy atom. The minimum absolute atomic E-state index is 0.226. The summed E-state index contributed by atoms with van der Waals surface area (Å²) in [5.74, 6) is 2.91. The minimum atomic E-state index is -1.62. The average molecular weight is 399 g/mol. The maximum atomic E-state index is 6.91. The fourth-order valence-electron chi connectivity index (χ4n) is 5.31. The zero-order valence-electron chi connectivity index (χ0n) is 16.6. The normalized spacial score (nSPS) is 28.8. The van der Waals surface area contributed by atoms with Crippen LogP contribution in [0.5, 0.6) is 0 Å². The zero-order chi connectivity index (χ0) is 18.2. The summed E-state index contributed by atoms with van der Waals surface area (Å²) in [6, 6.07) is 5.67.